The first-order chi connectivity index (χ1) is 11.6. The minimum absolute atomic E-state index is 0.0622. The highest BCUT2D eigenvalue weighted by atomic mass is 35.5. The molecule has 2 heterocycles. The van der Waals surface area contributed by atoms with Crippen LogP contribution in [0.2, 0.25) is 4.34 Å². The molecule has 1 amide bonds. The highest BCUT2D eigenvalue weighted by molar-refractivity contribution is 7.94. The highest BCUT2D eigenvalue weighted by Crippen LogP contribution is 2.38. The third-order valence-electron chi connectivity index (χ3n) is 3.86. The van der Waals surface area contributed by atoms with Gasteiger partial charge in [0.1, 0.15) is 16.6 Å². The van der Waals surface area contributed by atoms with Gasteiger partial charge in [-0.2, -0.15) is 0 Å². The molecular weight excluding hydrogens is 384 g/mol. The van der Waals surface area contributed by atoms with Gasteiger partial charge in [-0.05, 0) is 38.1 Å². The van der Waals surface area contributed by atoms with E-state index in [1.807, 2.05) is 13.8 Å². The van der Waals surface area contributed by atoms with E-state index in [0.717, 1.165) is 11.3 Å². The fourth-order valence-electron chi connectivity index (χ4n) is 2.50. The lowest BCUT2D eigenvalue weighted by Gasteiger charge is -2.24. The molecule has 0 saturated heterocycles. The van der Waals surface area contributed by atoms with Crippen LogP contribution in [0.4, 0.5) is 11.4 Å². The van der Waals surface area contributed by atoms with Crippen LogP contribution in [0.5, 0.6) is 5.75 Å². The number of nitrogens with zero attached hydrogens (tertiary/aromatic N) is 1. The number of hydrogen-bond acceptors (Lipinski definition) is 5. The van der Waals surface area contributed by atoms with Crippen LogP contribution in [0.3, 0.4) is 0 Å². The summed E-state index contributed by atoms with van der Waals surface area (Å²) in [7, 11) is -2.05. The number of ether oxygens (including phenoxy) is 1. The molecule has 134 valence electrons. The monoisotopic (exact) mass is 400 g/mol. The summed E-state index contributed by atoms with van der Waals surface area (Å²) in [5.74, 6) is 0.388. The molecule has 1 aromatic heterocycles. The van der Waals surface area contributed by atoms with Crippen molar-refractivity contribution in [1.29, 1.82) is 0 Å². The minimum atomic E-state index is -3.73. The quantitative estimate of drug-likeness (QED) is 0.854. The van der Waals surface area contributed by atoms with E-state index in [9.17, 15) is 13.2 Å². The van der Waals surface area contributed by atoms with Crippen LogP contribution in [0.1, 0.15) is 13.8 Å². The van der Waals surface area contributed by atoms with E-state index in [-0.39, 0.29) is 16.7 Å². The number of benzene rings is 1. The van der Waals surface area contributed by atoms with E-state index in [2.05, 4.69) is 4.72 Å². The summed E-state index contributed by atoms with van der Waals surface area (Å²) < 4.78 is 33.6. The summed E-state index contributed by atoms with van der Waals surface area (Å²) in [4.78, 5) is 14.0. The molecule has 25 heavy (non-hydrogen) atoms. The third-order valence-corrected chi connectivity index (χ3v) is 6.96. The van der Waals surface area contributed by atoms with Crippen LogP contribution in [0.25, 0.3) is 0 Å². The first-order valence-electron chi connectivity index (χ1n) is 7.43. The van der Waals surface area contributed by atoms with Crippen molar-refractivity contribution in [3.8, 4) is 5.75 Å². The maximum atomic E-state index is 12.5. The van der Waals surface area contributed by atoms with Gasteiger partial charge in [-0.15, -0.1) is 11.3 Å². The second-order valence-corrected chi connectivity index (χ2v) is 10.0. The Morgan fingerprint density at radius 3 is 2.64 bits per heavy atom. The lowest BCUT2D eigenvalue weighted by molar-refractivity contribution is -0.127. The molecule has 1 aliphatic rings. The summed E-state index contributed by atoms with van der Waals surface area (Å²) in [6, 6.07) is 7.81. The first-order valence-corrected chi connectivity index (χ1v) is 10.1. The predicted octanol–water partition coefficient (Wildman–Crippen LogP) is 3.58. The summed E-state index contributed by atoms with van der Waals surface area (Å²) >= 11 is 6.79. The average molecular weight is 401 g/mol. The zero-order valence-corrected chi connectivity index (χ0v) is 16.3. The van der Waals surface area contributed by atoms with Crippen molar-refractivity contribution in [3.05, 3.63) is 34.7 Å². The van der Waals surface area contributed by atoms with E-state index in [4.69, 9.17) is 16.3 Å². The predicted molar refractivity (Wildman–Crippen MR) is 99.3 cm³/mol. The number of fused-ring (bicyclic) bond motifs is 1. The van der Waals surface area contributed by atoms with Crippen LogP contribution >= 0.6 is 22.9 Å². The van der Waals surface area contributed by atoms with Gasteiger partial charge >= 0.3 is 0 Å². The zero-order chi connectivity index (χ0) is 18.4. The molecule has 0 aliphatic carbocycles. The summed E-state index contributed by atoms with van der Waals surface area (Å²) in [5.41, 5.74) is 0.280. The smallest absolute Gasteiger partial charge is 0.271 e. The van der Waals surface area contributed by atoms with E-state index >= 15 is 0 Å². The van der Waals surface area contributed by atoms with Gasteiger partial charge in [-0.25, -0.2) is 8.42 Å². The van der Waals surface area contributed by atoms with Gasteiger partial charge in [-0.3, -0.25) is 9.52 Å². The van der Waals surface area contributed by atoms with Crippen molar-refractivity contribution in [3.63, 3.8) is 0 Å². The molecule has 0 atom stereocenters. The third kappa shape index (κ3) is 3.47. The number of halogens is 1. The number of anilines is 2. The topological polar surface area (TPSA) is 75.7 Å². The first kappa shape index (κ1) is 18.0. The molecule has 0 radical (unpaired) electrons. The summed E-state index contributed by atoms with van der Waals surface area (Å²) in [5, 5.41) is 0. The Kier molecular flexibility index (Phi) is 4.47. The van der Waals surface area contributed by atoms with Gasteiger partial charge < -0.3 is 9.64 Å². The van der Waals surface area contributed by atoms with Crippen molar-refractivity contribution in [1.82, 2.24) is 0 Å². The Bertz CT molecular complexity index is 937. The lowest BCUT2D eigenvalue weighted by atomic mass is 9.93. The highest BCUT2D eigenvalue weighted by Gasteiger charge is 2.36. The van der Waals surface area contributed by atoms with Crippen LogP contribution in [0, 0.1) is 5.41 Å². The number of thiophene rings is 1. The molecule has 3 rings (SSSR count). The SMILES string of the molecule is CN1C(=O)C(C)(C)COc2cc(NS(=O)(=O)c3ccc(Cl)s3)ccc21. The number of hydrogen-bond donors (Lipinski definition) is 1. The largest absolute Gasteiger partial charge is 0.490 e. The van der Waals surface area contributed by atoms with Crippen molar-refractivity contribution in [2.24, 2.45) is 5.41 Å². The van der Waals surface area contributed by atoms with E-state index in [1.54, 1.807) is 25.2 Å². The molecule has 6 nitrogen and oxygen atoms in total. The Morgan fingerprint density at radius 2 is 2.00 bits per heavy atom. The maximum absolute atomic E-state index is 12.5. The second-order valence-electron chi connectivity index (χ2n) is 6.38. The molecule has 0 spiro atoms. The molecule has 9 heteroatoms. The van der Waals surface area contributed by atoms with Gasteiger partial charge in [0.05, 0.1) is 21.1 Å². The normalized spacial score (nSPS) is 16.8. The molecule has 1 aromatic carbocycles. The van der Waals surface area contributed by atoms with Crippen LogP contribution in [-0.4, -0.2) is 28.0 Å². The number of sulfonamides is 1. The second kappa shape index (κ2) is 6.19. The lowest BCUT2D eigenvalue weighted by Crippen LogP contribution is -2.39. The van der Waals surface area contributed by atoms with Gasteiger partial charge in [0, 0.05) is 13.1 Å². The number of carbonyl (C=O) groups is 1. The number of nitrogens with one attached hydrogen (secondary N) is 1. The van der Waals surface area contributed by atoms with Crippen LogP contribution < -0.4 is 14.4 Å². The van der Waals surface area contributed by atoms with Crippen LogP contribution in [-0.2, 0) is 14.8 Å². The Balaban J connectivity index is 1.92. The standard InChI is InChI=1S/C16H17ClN2O4S2/c1-16(2)9-23-12-8-10(4-5-11(12)19(3)15(16)20)18-25(21,22)14-7-6-13(17)24-14/h4-8,18H,9H2,1-3H3. The molecule has 0 saturated carbocycles. The molecular formula is C16H17ClN2O4S2. The zero-order valence-electron chi connectivity index (χ0n) is 13.9. The number of rotatable bonds is 3. The molecule has 1 N–H and O–H groups in total. The molecule has 1 aliphatic heterocycles. The van der Waals surface area contributed by atoms with E-state index in [1.165, 1.54) is 17.0 Å². The summed E-state index contributed by atoms with van der Waals surface area (Å²) in [6.45, 7) is 3.82. The Morgan fingerprint density at radius 1 is 1.28 bits per heavy atom. The van der Waals surface area contributed by atoms with Crippen molar-refractivity contribution in [2.75, 3.05) is 23.3 Å². The van der Waals surface area contributed by atoms with Crippen molar-refractivity contribution >= 4 is 50.2 Å². The average Bonchev–Trinajstić information content (AvgIpc) is 2.96. The molecule has 0 unspecified atom stereocenters. The fraction of sp³-hybridized carbons (Fsp3) is 0.312. The van der Waals surface area contributed by atoms with Crippen molar-refractivity contribution in [2.45, 2.75) is 18.1 Å². The minimum Gasteiger partial charge on any atom is -0.490 e. The van der Waals surface area contributed by atoms with Gasteiger partial charge in [0.15, 0.2) is 0 Å². The van der Waals surface area contributed by atoms with Crippen LogP contribution in [0.15, 0.2) is 34.5 Å². The molecule has 0 fully saturated rings. The molecule has 2 aromatic rings. The maximum Gasteiger partial charge on any atom is 0.271 e. The fourth-order valence-corrected chi connectivity index (χ4v) is 5.03. The van der Waals surface area contributed by atoms with E-state index < -0.39 is 15.4 Å². The summed E-state index contributed by atoms with van der Waals surface area (Å²) in [6.07, 6.45) is 0. The van der Waals surface area contributed by atoms with E-state index in [0.29, 0.717) is 21.5 Å². The van der Waals surface area contributed by atoms with Gasteiger partial charge in [0.25, 0.3) is 10.0 Å². The number of amides is 1. The number of carbonyl (C=O) groups excluding carboxylic acids is 1. The Hall–Kier alpha value is -1.77. The molecule has 0 bridgehead atoms. The van der Waals surface area contributed by atoms with Crippen molar-refractivity contribution < 1.29 is 17.9 Å². The Labute approximate surface area is 155 Å². The van der Waals surface area contributed by atoms with Gasteiger partial charge in [-0.1, -0.05) is 11.6 Å². The van der Waals surface area contributed by atoms with Gasteiger partial charge in [0.2, 0.25) is 5.91 Å².